The zero-order chi connectivity index (χ0) is 28.5. The molecule has 28 heavy (non-hydrogen) atoms. The molecule has 1 unspecified atom stereocenters. The molecule has 152 valence electrons. The van der Waals surface area contributed by atoms with Crippen molar-refractivity contribution in [1.29, 1.82) is 0 Å². The van der Waals surface area contributed by atoms with E-state index in [4.69, 9.17) is 28.0 Å². The van der Waals surface area contributed by atoms with E-state index in [9.17, 15) is 4.79 Å². The number of hydrogen-bond acceptors (Lipinski definition) is 8. The first-order valence-electron chi connectivity index (χ1n) is 13.5. The fraction of sp³-hybridized carbons (Fsp3) is 0.526. The molecule has 9 nitrogen and oxygen atoms in total. The summed E-state index contributed by atoms with van der Waals surface area (Å²) in [6.45, 7) is 0.511. The van der Waals surface area contributed by atoms with Gasteiger partial charge in [0, 0.05) is 38.2 Å². The molecule has 0 aliphatic carbocycles. The highest BCUT2D eigenvalue weighted by Gasteiger charge is 2.22. The second-order valence-electron chi connectivity index (χ2n) is 6.20. The van der Waals surface area contributed by atoms with E-state index in [2.05, 4.69) is 9.97 Å². The zero-order valence-corrected chi connectivity index (χ0v) is 15.3. The van der Waals surface area contributed by atoms with E-state index in [1.807, 2.05) is 0 Å². The van der Waals surface area contributed by atoms with Crippen LogP contribution in [0.2, 0.25) is 4.24 Å². The molecular formula is C19H27N5O4. The molecule has 1 aliphatic heterocycles. The first kappa shape index (κ1) is 10.7. The van der Waals surface area contributed by atoms with Crippen LogP contribution >= 0.6 is 0 Å². The number of nitrogen functional groups attached to an aromatic ring is 1. The number of nitrogens with zero attached hydrogens (tertiary/aromatic N) is 3. The number of anilines is 2. The third-order valence-corrected chi connectivity index (χ3v) is 4.26. The minimum Gasteiger partial charge on any atom is -0.493 e. The number of nitrogens with one attached hydrogen (secondary N) is 1. The second-order valence-corrected chi connectivity index (χ2v) is 6.20. The summed E-state index contributed by atoms with van der Waals surface area (Å²) in [5.41, 5.74) is 0.231. The quantitative estimate of drug-likeness (QED) is 0.650. The molecule has 0 saturated carbocycles. The predicted molar refractivity (Wildman–Crippen MR) is 107 cm³/mol. The molecule has 0 bridgehead atoms. The smallest absolute Gasteiger partial charge is 0.249 e. The summed E-state index contributed by atoms with van der Waals surface area (Å²) in [5.74, 6) is -1.87. The summed E-state index contributed by atoms with van der Waals surface area (Å²) in [6, 6.07) is 2.21. The number of benzene rings is 1. The van der Waals surface area contributed by atoms with E-state index in [-0.39, 0.29) is 54.3 Å². The number of carbonyl (C=O) groups excluding carboxylic acids is 1. The lowest BCUT2D eigenvalue weighted by molar-refractivity contribution is -0.130. The largest absolute Gasteiger partial charge is 0.493 e. The summed E-state index contributed by atoms with van der Waals surface area (Å²) in [4.78, 5) is 22.4. The summed E-state index contributed by atoms with van der Waals surface area (Å²) < 4.78 is 90.7. The topological polar surface area (TPSA) is 112 Å². The van der Waals surface area contributed by atoms with Crippen molar-refractivity contribution in [3.8, 4) is 11.5 Å². The number of aromatic nitrogens is 2. The number of ether oxygens (including phenoxy) is 3. The molecule has 3 N–H and O–H groups in total. The minimum absolute atomic E-state index is 0.0109. The average Bonchev–Trinajstić information content (AvgIpc) is 3.23. The van der Waals surface area contributed by atoms with Gasteiger partial charge >= 0.3 is 0 Å². The van der Waals surface area contributed by atoms with E-state index in [0.29, 0.717) is 18.3 Å². The summed E-state index contributed by atoms with van der Waals surface area (Å²) in [6.07, 6.45) is -0.674. The van der Waals surface area contributed by atoms with Gasteiger partial charge in [-0.2, -0.15) is 4.98 Å². The summed E-state index contributed by atoms with van der Waals surface area (Å²) >= 11 is 0. The van der Waals surface area contributed by atoms with Crippen LogP contribution in [0.3, 0.4) is 0 Å². The van der Waals surface area contributed by atoms with Crippen LogP contribution < -0.4 is 25.4 Å². The van der Waals surface area contributed by atoms with Crippen LogP contribution in [-0.2, 0) is 9.53 Å². The lowest BCUT2D eigenvalue weighted by Crippen LogP contribution is -2.36. The molecule has 1 aliphatic rings. The Balaban J connectivity index is 1.86. The molecule has 1 aromatic heterocycles. The molecule has 1 saturated heterocycles. The van der Waals surface area contributed by atoms with Gasteiger partial charge in [0.15, 0.2) is 15.7 Å². The lowest BCUT2D eigenvalue weighted by atomic mass is 10.2. The third kappa shape index (κ3) is 4.36. The van der Waals surface area contributed by atoms with Gasteiger partial charge in [-0.3, -0.25) is 4.79 Å². The molecule has 0 radical (unpaired) electrons. The predicted octanol–water partition coefficient (Wildman–Crippen LogP) is 1.35. The molecule has 2 heterocycles. The SMILES string of the molecule is [2H]N(CCCN(C)c1nc(N([2H])[2H])c2cc(OC([2H])([2H])[2H])c(OC([2H])([2H])[2H])cc2n1)C(=O)C1([2H])CCCO1. The minimum atomic E-state index is -2.94. The second kappa shape index (κ2) is 8.92. The fourth-order valence-corrected chi connectivity index (χ4v) is 2.78. The van der Waals surface area contributed by atoms with Gasteiger partial charge in [-0.1, -0.05) is 0 Å². The van der Waals surface area contributed by atoms with Crippen molar-refractivity contribution in [2.45, 2.75) is 25.3 Å². The standard InChI is InChI=1S/C19H27N5O4/c1-24(8-5-7-21-18(25)14-6-4-9-28-14)19-22-13-11-16(27-3)15(26-2)10-12(13)17(20)23-19/h10-11,14H,4-9H2,1-3H3,(H,21,25)(H2,20,22,23)/i2D3,3D3,14D/hD3. The molecule has 1 atom stereocenters. The third-order valence-electron chi connectivity index (χ3n) is 4.26. The van der Waals surface area contributed by atoms with Gasteiger partial charge in [0.1, 0.15) is 11.9 Å². The van der Waals surface area contributed by atoms with Gasteiger partial charge in [-0.15, -0.1) is 0 Å². The van der Waals surface area contributed by atoms with Gasteiger partial charge in [-0.05, 0) is 25.3 Å². The highest BCUT2D eigenvalue weighted by molar-refractivity contribution is 5.91. The lowest BCUT2D eigenvalue weighted by Gasteiger charge is -2.19. The summed E-state index contributed by atoms with van der Waals surface area (Å²) in [5, 5.41) is 0.712. The maximum Gasteiger partial charge on any atom is 0.249 e. The average molecular weight is 400 g/mol. The van der Waals surface area contributed by atoms with Gasteiger partial charge in [0.25, 0.3) is 0 Å². The van der Waals surface area contributed by atoms with E-state index in [0.717, 1.165) is 12.1 Å². The maximum atomic E-state index is 12.4. The Kier molecular flexibility index (Phi) is 3.39. The molecule has 2 aromatic rings. The Morgan fingerprint density at radius 1 is 1.50 bits per heavy atom. The first-order valence-corrected chi connectivity index (χ1v) is 8.67. The van der Waals surface area contributed by atoms with Crippen molar-refractivity contribution in [2.75, 3.05) is 51.4 Å². The van der Waals surface area contributed by atoms with Crippen LogP contribution in [0.5, 0.6) is 11.5 Å². The van der Waals surface area contributed by atoms with Crippen LogP contribution in [-0.4, -0.2) is 62.8 Å². The fourth-order valence-electron chi connectivity index (χ4n) is 2.78. The Hall–Kier alpha value is -2.81. The summed E-state index contributed by atoms with van der Waals surface area (Å²) in [7, 11) is -4.29. The van der Waals surface area contributed by atoms with E-state index < -0.39 is 37.6 Å². The number of amides is 1. The maximum absolute atomic E-state index is 12.4. The van der Waals surface area contributed by atoms with Crippen LogP contribution in [0.15, 0.2) is 12.1 Å². The Morgan fingerprint density at radius 3 is 3.04 bits per heavy atom. The Labute approximate surface area is 178 Å². The van der Waals surface area contributed by atoms with Crippen molar-refractivity contribution < 1.29 is 32.8 Å². The van der Waals surface area contributed by atoms with E-state index >= 15 is 0 Å². The van der Waals surface area contributed by atoms with E-state index in [1.54, 1.807) is 7.05 Å². The molecule has 9 heteroatoms. The van der Waals surface area contributed by atoms with Crippen LogP contribution in [0, 0.1) is 0 Å². The number of carbonyl (C=O) groups is 1. The van der Waals surface area contributed by atoms with Crippen LogP contribution in [0.4, 0.5) is 11.8 Å². The normalized spacial score (nSPS) is 24.8. The molecule has 1 fully saturated rings. The van der Waals surface area contributed by atoms with Crippen molar-refractivity contribution >= 4 is 28.6 Å². The van der Waals surface area contributed by atoms with Crippen LogP contribution in [0.1, 0.15) is 28.9 Å². The highest BCUT2D eigenvalue weighted by Crippen LogP contribution is 2.33. The number of hydrogen-bond donors (Lipinski definition) is 2. The molecule has 1 aromatic carbocycles. The number of nitrogens with two attached hydrogens (primary N) is 1. The number of fused-ring (bicyclic) bond motifs is 1. The van der Waals surface area contributed by atoms with Gasteiger partial charge in [-0.25, -0.2) is 4.98 Å². The molecular weight excluding hydrogens is 362 g/mol. The van der Waals surface area contributed by atoms with Gasteiger partial charge in [0.05, 0.1) is 29.2 Å². The Bertz CT molecular complexity index is 1160. The number of rotatable bonds is 9. The first-order chi connectivity index (χ1) is 17.5. The van der Waals surface area contributed by atoms with Crippen molar-refractivity contribution in [3.63, 3.8) is 0 Å². The number of methoxy groups -OCH3 is 2. The zero-order valence-electron chi connectivity index (χ0n) is 25.3. The molecule has 0 spiro atoms. The molecule has 1 amide bonds. The van der Waals surface area contributed by atoms with Crippen molar-refractivity contribution in [2.24, 2.45) is 0 Å². The van der Waals surface area contributed by atoms with Crippen molar-refractivity contribution in [1.82, 2.24) is 15.3 Å². The van der Waals surface area contributed by atoms with E-state index in [1.165, 1.54) is 4.90 Å². The highest BCUT2D eigenvalue weighted by atomic mass is 16.5. The monoisotopic (exact) mass is 399 g/mol. The van der Waals surface area contributed by atoms with Crippen LogP contribution in [0.25, 0.3) is 10.9 Å². The van der Waals surface area contributed by atoms with Gasteiger partial charge in [0.2, 0.25) is 11.9 Å². The Morgan fingerprint density at radius 2 is 2.32 bits per heavy atom. The van der Waals surface area contributed by atoms with Crippen molar-refractivity contribution in [3.05, 3.63) is 12.1 Å². The van der Waals surface area contributed by atoms with Gasteiger partial charge < -0.3 is 30.1 Å². The molecule has 3 rings (SSSR count).